The van der Waals surface area contributed by atoms with E-state index < -0.39 is 39.1 Å². The summed E-state index contributed by atoms with van der Waals surface area (Å²) in [5.74, 6) is -2.66. The maximum absolute atomic E-state index is 14.4. The van der Waals surface area contributed by atoms with Gasteiger partial charge in [-0.05, 0) is 73.2 Å². The minimum atomic E-state index is -4.93. The number of anilines is 1. The normalized spacial score (nSPS) is 12.2. The molecule has 0 aliphatic carbocycles. The van der Waals surface area contributed by atoms with Gasteiger partial charge in [0.05, 0.1) is 31.6 Å². The van der Waals surface area contributed by atoms with Crippen LogP contribution in [0.25, 0.3) is 41.6 Å². The minimum absolute atomic E-state index is 0.158. The van der Waals surface area contributed by atoms with Gasteiger partial charge in [-0.25, -0.2) is 14.4 Å². The van der Waals surface area contributed by atoms with Crippen molar-refractivity contribution in [2.24, 2.45) is 0 Å². The molecule has 2 N–H and O–H groups in total. The summed E-state index contributed by atoms with van der Waals surface area (Å²) in [4.78, 5) is 21.6. The van der Waals surface area contributed by atoms with Gasteiger partial charge in [-0.1, -0.05) is 12.1 Å². The molecular weight excluding hydrogens is 627 g/mol. The van der Waals surface area contributed by atoms with Gasteiger partial charge in [0.1, 0.15) is 20.7 Å². The smallest absolute Gasteiger partial charge is 0.322 e. The number of nitrogens with one attached hydrogen (secondary N) is 1. The van der Waals surface area contributed by atoms with Crippen LogP contribution >= 0.6 is 22.7 Å². The quantitative estimate of drug-likeness (QED) is 0.145. The van der Waals surface area contributed by atoms with Crippen LogP contribution in [0.4, 0.5) is 23.2 Å². The van der Waals surface area contributed by atoms with Crippen LogP contribution < -0.4 is 5.32 Å². The van der Waals surface area contributed by atoms with Gasteiger partial charge >= 0.3 is 6.18 Å². The summed E-state index contributed by atoms with van der Waals surface area (Å²) in [7, 11) is -4.44. The van der Waals surface area contributed by atoms with Gasteiger partial charge < -0.3 is 5.32 Å². The average Bonchev–Trinajstić information content (AvgIpc) is 3.56. The first-order valence-corrected chi connectivity index (χ1v) is 15.4. The van der Waals surface area contributed by atoms with Crippen LogP contribution in [0.5, 0.6) is 0 Å². The number of hydrogen-bond donors (Lipinski definition) is 2. The number of aryl methyl sites for hydroxylation is 1. The highest BCUT2D eigenvalue weighted by molar-refractivity contribution is 7.86. The Kier molecular flexibility index (Phi) is 7.04. The van der Waals surface area contributed by atoms with Gasteiger partial charge in [-0.3, -0.25) is 9.35 Å². The Labute approximate surface area is 249 Å². The molecule has 7 nitrogen and oxygen atoms in total. The van der Waals surface area contributed by atoms with E-state index in [1.54, 1.807) is 31.2 Å². The predicted octanol–water partition coefficient (Wildman–Crippen LogP) is 8.21. The summed E-state index contributed by atoms with van der Waals surface area (Å²) in [5, 5.41) is 3.64. The zero-order chi connectivity index (χ0) is 30.7. The zero-order valence-electron chi connectivity index (χ0n) is 21.7. The van der Waals surface area contributed by atoms with E-state index in [9.17, 15) is 35.3 Å². The van der Waals surface area contributed by atoms with E-state index in [-0.39, 0.29) is 10.6 Å². The molecule has 6 rings (SSSR count). The molecule has 0 unspecified atom stereocenters. The molecule has 0 bridgehead atoms. The van der Waals surface area contributed by atoms with Crippen molar-refractivity contribution < 1.29 is 35.3 Å². The number of amides is 1. The Hall–Kier alpha value is -4.24. The number of nitrogens with zero attached hydrogens (tertiary/aromatic N) is 2. The molecule has 2 heterocycles. The summed E-state index contributed by atoms with van der Waals surface area (Å²) < 4.78 is 88.3. The van der Waals surface area contributed by atoms with Crippen molar-refractivity contribution in [3.63, 3.8) is 0 Å². The predicted molar refractivity (Wildman–Crippen MR) is 158 cm³/mol. The van der Waals surface area contributed by atoms with Gasteiger partial charge in [0.2, 0.25) is 0 Å². The molecule has 14 heteroatoms. The lowest BCUT2D eigenvalue weighted by molar-refractivity contribution is -0.140. The van der Waals surface area contributed by atoms with Crippen molar-refractivity contribution in [2.45, 2.75) is 18.0 Å². The maximum atomic E-state index is 14.4. The second-order valence-corrected chi connectivity index (χ2v) is 12.8. The number of aromatic nitrogens is 2. The van der Waals surface area contributed by atoms with E-state index in [1.165, 1.54) is 23.5 Å². The lowest BCUT2D eigenvalue weighted by Crippen LogP contribution is -2.17. The molecule has 43 heavy (non-hydrogen) atoms. The lowest BCUT2D eigenvalue weighted by Gasteiger charge is -2.11. The first-order valence-electron chi connectivity index (χ1n) is 12.4. The summed E-state index contributed by atoms with van der Waals surface area (Å²) in [5.41, 5.74) is 1.03. The highest BCUT2D eigenvalue weighted by Gasteiger charge is 2.35. The molecule has 0 radical (unpaired) electrons. The summed E-state index contributed by atoms with van der Waals surface area (Å²) in [6, 6.07) is 17.7. The number of halogens is 4. The number of rotatable bonds is 5. The maximum Gasteiger partial charge on any atom is 0.419 e. The molecule has 0 aliphatic rings. The van der Waals surface area contributed by atoms with Gasteiger partial charge in [0.15, 0.2) is 0 Å². The first kappa shape index (κ1) is 28.9. The molecule has 0 saturated carbocycles. The van der Waals surface area contributed by atoms with E-state index >= 15 is 0 Å². The number of alkyl halides is 3. The fourth-order valence-corrected chi connectivity index (χ4v) is 7.83. The van der Waals surface area contributed by atoms with Crippen LogP contribution in [0.1, 0.15) is 21.5 Å². The molecule has 218 valence electrons. The largest absolute Gasteiger partial charge is 0.419 e. The van der Waals surface area contributed by atoms with Crippen molar-refractivity contribution in [2.75, 3.05) is 5.32 Å². The highest BCUT2D eigenvalue weighted by Crippen LogP contribution is 2.39. The van der Waals surface area contributed by atoms with Crippen molar-refractivity contribution in [3.8, 4) is 21.1 Å². The third kappa shape index (κ3) is 5.49. The van der Waals surface area contributed by atoms with Crippen molar-refractivity contribution in [1.82, 2.24) is 9.97 Å². The molecule has 4 aromatic carbocycles. The molecule has 1 amide bonds. The summed E-state index contributed by atoms with van der Waals surface area (Å²) in [6.07, 6.45) is -4.93. The topological polar surface area (TPSA) is 109 Å². The molecule has 2 aromatic heterocycles. The molecule has 0 fully saturated rings. The van der Waals surface area contributed by atoms with E-state index in [0.29, 0.717) is 42.9 Å². The van der Waals surface area contributed by atoms with Crippen LogP contribution in [0.2, 0.25) is 0 Å². The molecule has 0 atom stereocenters. The Bertz CT molecular complexity index is 2170. The van der Waals surface area contributed by atoms with Crippen LogP contribution in [-0.4, -0.2) is 28.8 Å². The van der Waals surface area contributed by atoms with Crippen molar-refractivity contribution in [3.05, 3.63) is 95.3 Å². The Morgan fingerprint density at radius 1 is 0.884 bits per heavy atom. The summed E-state index contributed by atoms with van der Waals surface area (Å²) >= 11 is 2.54. The average molecular weight is 644 g/mol. The van der Waals surface area contributed by atoms with Crippen LogP contribution in [0.15, 0.2) is 77.7 Å². The van der Waals surface area contributed by atoms with Crippen molar-refractivity contribution >= 4 is 64.8 Å². The van der Waals surface area contributed by atoms with Crippen LogP contribution in [0.3, 0.4) is 0 Å². The summed E-state index contributed by atoms with van der Waals surface area (Å²) in [6.45, 7) is 1.60. The number of carbonyl (C=O) groups is 1. The molecule has 0 saturated heterocycles. The first-order chi connectivity index (χ1) is 20.3. The van der Waals surface area contributed by atoms with Crippen LogP contribution in [-0.2, 0) is 16.3 Å². The Morgan fingerprint density at radius 2 is 1.53 bits per heavy atom. The van der Waals surface area contributed by atoms with Crippen molar-refractivity contribution in [1.29, 1.82) is 0 Å². The van der Waals surface area contributed by atoms with Gasteiger partial charge in [-0.15, -0.1) is 22.7 Å². The fourth-order valence-electron chi connectivity index (χ4n) is 4.51. The highest BCUT2D eigenvalue weighted by atomic mass is 32.2. The molecule has 6 aromatic rings. The second-order valence-electron chi connectivity index (χ2n) is 9.45. The standard InChI is InChI=1S/C29H17F4N3O4S3/c1-14-5-11-21-24(25(14)43(38,39)40)42-28(36-21)16-8-12-20-22(13-16)41-27(35-20)15-6-9-17(10-7-15)34-26(37)18-3-2-4-19(23(18)30)29(31,32)33/h2-13H,1H3,(H,34,37)(H,38,39,40). The monoisotopic (exact) mass is 643 g/mol. The number of thiazole rings is 2. The molecule has 0 aliphatic heterocycles. The lowest BCUT2D eigenvalue weighted by atomic mass is 10.1. The number of fused-ring (bicyclic) bond motifs is 2. The second kappa shape index (κ2) is 10.5. The van der Waals surface area contributed by atoms with Gasteiger partial charge in [0.25, 0.3) is 16.0 Å². The van der Waals surface area contributed by atoms with E-state index in [1.807, 2.05) is 18.2 Å². The third-order valence-electron chi connectivity index (χ3n) is 6.54. The number of benzene rings is 4. The Morgan fingerprint density at radius 3 is 2.23 bits per heavy atom. The molecule has 0 spiro atoms. The number of carbonyl (C=O) groups excluding carboxylic acids is 1. The zero-order valence-corrected chi connectivity index (χ0v) is 24.2. The fraction of sp³-hybridized carbons (Fsp3) is 0.0690. The third-order valence-corrected chi connectivity index (χ3v) is 9.92. The molecular formula is C29H17F4N3O4S3. The number of hydrogen-bond acceptors (Lipinski definition) is 7. The van der Waals surface area contributed by atoms with E-state index in [4.69, 9.17) is 0 Å². The van der Waals surface area contributed by atoms with Gasteiger partial charge in [-0.2, -0.15) is 21.6 Å². The van der Waals surface area contributed by atoms with Gasteiger partial charge in [0, 0.05) is 16.8 Å². The van der Waals surface area contributed by atoms with Crippen LogP contribution in [0, 0.1) is 12.7 Å². The van der Waals surface area contributed by atoms with E-state index in [2.05, 4.69) is 15.3 Å². The van der Waals surface area contributed by atoms with E-state index in [0.717, 1.165) is 33.7 Å². The SMILES string of the molecule is Cc1ccc2nc(-c3ccc4nc(-c5ccc(NC(=O)c6cccc(C(F)(F)F)c6F)cc5)sc4c3)sc2c1S(=O)(=O)O. The minimum Gasteiger partial charge on any atom is -0.322 e. The Balaban J connectivity index is 1.25.